The Labute approximate surface area is 151 Å². The van der Waals surface area contributed by atoms with Gasteiger partial charge in [-0.15, -0.1) is 0 Å². The summed E-state index contributed by atoms with van der Waals surface area (Å²) in [5.74, 6) is -0.863. The molecule has 0 aliphatic carbocycles. The summed E-state index contributed by atoms with van der Waals surface area (Å²) in [5.41, 5.74) is -0.0186. The number of fused-ring (bicyclic) bond motifs is 5. The molecule has 3 N–H and O–H groups in total. The van der Waals surface area contributed by atoms with E-state index in [1.807, 2.05) is 6.07 Å². The smallest absolute Gasteiger partial charge is 0.345 e. The van der Waals surface area contributed by atoms with Gasteiger partial charge in [0.05, 0.1) is 35.6 Å². The molecule has 0 unspecified atom stereocenters. The van der Waals surface area contributed by atoms with Crippen LogP contribution in [0.3, 0.4) is 0 Å². The maximum atomic E-state index is 12.9. The summed E-state index contributed by atoms with van der Waals surface area (Å²) in [5, 5.41) is 30.6. The minimum atomic E-state index is -2.27. The maximum Gasteiger partial charge on any atom is 0.345 e. The number of ether oxygens (including phenoxy) is 1. The van der Waals surface area contributed by atoms with E-state index in [1.54, 1.807) is 12.1 Å². The van der Waals surface area contributed by atoms with E-state index < -0.39 is 23.7 Å². The highest BCUT2D eigenvalue weighted by molar-refractivity contribution is 5.87. The average molecular weight is 366 g/mol. The van der Waals surface area contributed by atoms with Crippen molar-refractivity contribution in [1.82, 2.24) is 9.55 Å². The molecular weight excluding hydrogens is 352 g/mol. The molecule has 0 saturated carbocycles. The first-order valence-electron chi connectivity index (χ1n) is 8.33. The molecule has 5 rings (SSSR count). The fourth-order valence-electron chi connectivity index (χ4n) is 3.79. The highest BCUT2D eigenvalue weighted by Gasteiger charge is 2.46. The lowest BCUT2D eigenvalue weighted by Gasteiger charge is -2.30. The highest BCUT2D eigenvalue weighted by Crippen LogP contribution is 2.37. The van der Waals surface area contributed by atoms with Crippen molar-refractivity contribution in [3.05, 3.63) is 57.4 Å². The van der Waals surface area contributed by atoms with Crippen LogP contribution in [0.2, 0.25) is 0 Å². The predicted octanol–water partition coefficient (Wildman–Crippen LogP) is 0.367. The van der Waals surface area contributed by atoms with Gasteiger partial charge in [0, 0.05) is 16.5 Å². The molecule has 0 bridgehead atoms. The van der Waals surface area contributed by atoms with Gasteiger partial charge >= 0.3 is 5.97 Å². The van der Waals surface area contributed by atoms with Crippen molar-refractivity contribution < 1.29 is 24.9 Å². The molecule has 2 aliphatic heterocycles. The molecule has 1 atom stereocenters. The maximum absolute atomic E-state index is 12.9. The Morgan fingerprint density at radius 3 is 2.81 bits per heavy atom. The molecule has 2 aliphatic rings. The first-order chi connectivity index (χ1) is 12.9. The molecule has 8 nitrogen and oxygen atoms in total. The van der Waals surface area contributed by atoms with Crippen molar-refractivity contribution in [1.29, 1.82) is 0 Å². The van der Waals surface area contributed by atoms with Gasteiger partial charge in [0.25, 0.3) is 5.56 Å². The molecule has 0 spiro atoms. The van der Waals surface area contributed by atoms with E-state index in [1.165, 1.54) is 16.7 Å². The Morgan fingerprint density at radius 2 is 2.04 bits per heavy atom. The molecule has 0 saturated heterocycles. The summed E-state index contributed by atoms with van der Waals surface area (Å²) in [6.07, 6.45) is 0. The van der Waals surface area contributed by atoms with Crippen LogP contribution in [0.5, 0.6) is 5.75 Å². The van der Waals surface area contributed by atoms with Crippen molar-refractivity contribution in [2.45, 2.75) is 18.8 Å². The number of aliphatic hydroxyl groups is 2. The van der Waals surface area contributed by atoms with E-state index in [0.717, 1.165) is 10.9 Å². The van der Waals surface area contributed by atoms with Crippen LogP contribution in [0.15, 0.2) is 35.1 Å². The number of nitrogens with zero attached hydrogens (tertiary/aromatic N) is 2. The molecule has 3 aromatic rings. The summed E-state index contributed by atoms with van der Waals surface area (Å²) in [6, 6.07) is 8.17. The fraction of sp³-hybridized carbons (Fsp3) is 0.211. The molecule has 136 valence electrons. The Kier molecular flexibility index (Phi) is 3.05. The number of pyridine rings is 2. The number of aromatic nitrogens is 2. The summed E-state index contributed by atoms with van der Waals surface area (Å²) in [6.45, 7) is -0.866. The number of hydrogen-bond donors (Lipinski definition) is 3. The van der Waals surface area contributed by atoms with E-state index in [2.05, 4.69) is 4.98 Å². The van der Waals surface area contributed by atoms with Crippen LogP contribution in [0.25, 0.3) is 22.3 Å². The summed E-state index contributed by atoms with van der Waals surface area (Å²) >= 11 is 0. The molecule has 0 amide bonds. The zero-order valence-electron chi connectivity index (χ0n) is 14.0. The first kappa shape index (κ1) is 16.0. The normalized spacial score (nSPS) is 20.1. The molecule has 2 aromatic heterocycles. The van der Waals surface area contributed by atoms with Crippen LogP contribution < -0.4 is 5.56 Å². The lowest BCUT2D eigenvalue weighted by atomic mass is 9.88. The van der Waals surface area contributed by atoms with E-state index in [0.29, 0.717) is 16.9 Å². The number of esters is 1. The molecule has 27 heavy (non-hydrogen) atoms. The van der Waals surface area contributed by atoms with Crippen LogP contribution in [-0.4, -0.2) is 37.4 Å². The Hall–Kier alpha value is -3.23. The monoisotopic (exact) mass is 366 g/mol. The van der Waals surface area contributed by atoms with Crippen molar-refractivity contribution in [3.8, 4) is 17.1 Å². The topological polar surface area (TPSA) is 122 Å². The second kappa shape index (κ2) is 5.15. The minimum absolute atomic E-state index is 0.0537. The number of carbonyl (C=O) groups excluding carboxylic acids is 1. The number of aliphatic hydroxyl groups excluding tert-OH is 1. The van der Waals surface area contributed by atoms with Gasteiger partial charge in [-0.3, -0.25) is 4.79 Å². The van der Waals surface area contributed by atoms with Gasteiger partial charge in [0.1, 0.15) is 12.4 Å². The lowest BCUT2D eigenvalue weighted by Crippen LogP contribution is -2.47. The summed E-state index contributed by atoms with van der Waals surface area (Å²) < 4.78 is 6.41. The summed E-state index contributed by atoms with van der Waals surface area (Å²) in [7, 11) is 0. The molecule has 0 radical (unpaired) electrons. The fourth-order valence-corrected chi connectivity index (χ4v) is 3.79. The van der Waals surface area contributed by atoms with E-state index in [4.69, 9.17) is 4.74 Å². The largest absolute Gasteiger partial charge is 0.508 e. The number of benzene rings is 1. The molecule has 0 fully saturated rings. The standard InChI is InChI=1S/C19H14N2O6/c22-8-19(26)13-5-15-16-10(3-9-4-11(23)1-2-14(9)20-16)6-21(15)17(24)12(13)7-27-18(19)25/h1-5,22-23,26H,6-8H2/t19-/m0/s1. The minimum Gasteiger partial charge on any atom is -0.508 e. The van der Waals surface area contributed by atoms with Gasteiger partial charge in [-0.2, -0.15) is 0 Å². The molecular formula is C19H14N2O6. The van der Waals surface area contributed by atoms with E-state index >= 15 is 0 Å². The average Bonchev–Trinajstić information content (AvgIpc) is 3.01. The third-order valence-corrected chi connectivity index (χ3v) is 5.21. The van der Waals surface area contributed by atoms with Crippen LogP contribution in [0.4, 0.5) is 0 Å². The zero-order chi connectivity index (χ0) is 18.9. The Balaban J connectivity index is 1.80. The number of hydrogen-bond acceptors (Lipinski definition) is 7. The van der Waals surface area contributed by atoms with Crippen LogP contribution in [-0.2, 0) is 28.3 Å². The molecule has 8 heteroatoms. The quantitative estimate of drug-likeness (QED) is 0.416. The number of aromatic hydroxyl groups is 1. The van der Waals surface area contributed by atoms with Crippen LogP contribution in [0.1, 0.15) is 16.7 Å². The van der Waals surface area contributed by atoms with E-state index in [-0.39, 0.29) is 30.0 Å². The van der Waals surface area contributed by atoms with Gasteiger partial charge in [0.2, 0.25) is 5.60 Å². The van der Waals surface area contributed by atoms with Gasteiger partial charge < -0.3 is 24.6 Å². The Morgan fingerprint density at radius 1 is 1.22 bits per heavy atom. The number of carbonyl (C=O) groups is 1. The van der Waals surface area contributed by atoms with E-state index in [9.17, 15) is 24.9 Å². The molecule has 4 heterocycles. The number of rotatable bonds is 1. The third-order valence-electron chi connectivity index (χ3n) is 5.21. The van der Waals surface area contributed by atoms with Gasteiger partial charge in [-0.25, -0.2) is 9.78 Å². The van der Waals surface area contributed by atoms with Crippen LogP contribution in [0, 0.1) is 0 Å². The van der Waals surface area contributed by atoms with Gasteiger partial charge in [-0.1, -0.05) is 0 Å². The van der Waals surface area contributed by atoms with Crippen molar-refractivity contribution in [2.24, 2.45) is 0 Å². The number of phenolic OH excluding ortho intramolecular Hbond substituents is 1. The van der Waals surface area contributed by atoms with Crippen molar-refractivity contribution in [3.63, 3.8) is 0 Å². The van der Waals surface area contributed by atoms with Gasteiger partial charge in [0.15, 0.2) is 0 Å². The van der Waals surface area contributed by atoms with Gasteiger partial charge in [-0.05, 0) is 30.3 Å². The summed E-state index contributed by atoms with van der Waals surface area (Å²) in [4.78, 5) is 29.5. The number of cyclic esters (lactones) is 1. The lowest BCUT2D eigenvalue weighted by molar-refractivity contribution is -0.176. The van der Waals surface area contributed by atoms with Crippen LogP contribution >= 0.6 is 0 Å². The second-order valence-corrected chi connectivity index (χ2v) is 6.78. The third kappa shape index (κ3) is 2.02. The predicted molar refractivity (Wildman–Crippen MR) is 93.0 cm³/mol. The number of phenols is 1. The first-order valence-corrected chi connectivity index (χ1v) is 8.33. The van der Waals surface area contributed by atoms with Crippen molar-refractivity contribution in [2.75, 3.05) is 6.61 Å². The highest BCUT2D eigenvalue weighted by atomic mass is 16.6. The zero-order valence-corrected chi connectivity index (χ0v) is 14.0. The van der Waals surface area contributed by atoms with Crippen molar-refractivity contribution >= 4 is 16.9 Å². The second-order valence-electron chi connectivity index (χ2n) is 6.78. The molecule has 1 aromatic carbocycles. The Bertz CT molecular complexity index is 1220. The SMILES string of the molecule is O=C1OCc2c(cc3n(c2=O)Cc2cc4cc(O)ccc4nc2-3)[C@@]1(O)CO.